The average molecular weight is 235 g/mol. The number of aromatic amines is 1. The third-order valence-corrected chi connectivity index (χ3v) is 2.06. The first-order chi connectivity index (χ1) is 8.16. The van der Waals surface area contributed by atoms with Crippen molar-refractivity contribution in [3.05, 3.63) is 30.0 Å². The van der Waals surface area contributed by atoms with Crippen LogP contribution in [0.2, 0.25) is 0 Å². The van der Waals surface area contributed by atoms with Gasteiger partial charge in [0.05, 0.1) is 11.7 Å². The van der Waals surface area contributed by atoms with Gasteiger partial charge in [-0.1, -0.05) is 0 Å². The molecule has 0 saturated heterocycles. The van der Waals surface area contributed by atoms with Gasteiger partial charge >= 0.3 is 5.97 Å². The van der Waals surface area contributed by atoms with Crippen LogP contribution in [0.1, 0.15) is 10.4 Å². The first-order valence-corrected chi connectivity index (χ1v) is 4.74. The van der Waals surface area contributed by atoms with Crippen molar-refractivity contribution in [2.75, 3.05) is 6.61 Å². The number of benzene rings is 1. The topological polar surface area (TPSA) is 104 Å². The lowest BCUT2D eigenvalue weighted by atomic mass is 10.1. The van der Waals surface area contributed by atoms with Crippen LogP contribution >= 0.6 is 0 Å². The van der Waals surface area contributed by atoms with Crippen molar-refractivity contribution in [3.63, 3.8) is 0 Å². The van der Waals surface area contributed by atoms with E-state index in [0.717, 1.165) is 10.9 Å². The van der Waals surface area contributed by atoms with Crippen LogP contribution in [-0.2, 0) is 9.63 Å². The van der Waals surface area contributed by atoms with Crippen molar-refractivity contribution >= 4 is 22.8 Å². The van der Waals surface area contributed by atoms with Crippen LogP contribution in [0.5, 0.6) is 0 Å². The molecule has 1 heterocycles. The lowest BCUT2D eigenvalue weighted by Gasteiger charge is -2.03. The van der Waals surface area contributed by atoms with E-state index >= 15 is 0 Å². The number of hydrogen-bond donors (Lipinski definition) is 3. The van der Waals surface area contributed by atoms with E-state index in [1.807, 2.05) is 5.48 Å². The molecule has 1 aromatic heterocycles. The minimum Gasteiger partial charge on any atom is -0.479 e. The van der Waals surface area contributed by atoms with Crippen molar-refractivity contribution in [1.29, 1.82) is 0 Å². The van der Waals surface area contributed by atoms with Gasteiger partial charge in [-0.2, -0.15) is 5.10 Å². The monoisotopic (exact) mass is 235 g/mol. The van der Waals surface area contributed by atoms with E-state index in [4.69, 9.17) is 5.11 Å². The largest absolute Gasteiger partial charge is 0.479 e. The number of nitrogens with one attached hydrogen (secondary N) is 2. The fourth-order valence-electron chi connectivity index (χ4n) is 1.31. The fraction of sp³-hybridized carbons (Fsp3) is 0.100. The summed E-state index contributed by atoms with van der Waals surface area (Å²) in [6.07, 6.45) is 1.59. The molecule has 2 rings (SSSR count). The number of rotatable bonds is 4. The molecule has 0 radical (unpaired) electrons. The quantitative estimate of drug-likeness (QED) is 0.661. The van der Waals surface area contributed by atoms with E-state index in [-0.39, 0.29) is 0 Å². The standard InChI is InChI=1S/C10H9N3O4/c14-9(15)5-17-13-10(16)6-1-2-8-7(3-6)4-11-12-8/h1-4H,5H2,(H,11,12)(H,13,16)(H,14,15). The van der Waals surface area contributed by atoms with E-state index in [2.05, 4.69) is 15.0 Å². The van der Waals surface area contributed by atoms with Gasteiger partial charge in [0.25, 0.3) is 5.91 Å². The van der Waals surface area contributed by atoms with Gasteiger partial charge in [-0.25, -0.2) is 10.3 Å². The van der Waals surface area contributed by atoms with E-state index < -0.39 is 18.5 Å². The van der Waals surface area contributed by atoms with Crippen LogP contribution < -0.4 is 5.48 Å². The molecular formula is C10H9N3O4. The van der Waals surface area contributed by atoms with Crippen molar-refractivity contribution in [3.8, 4) is 0 Å². The summed E-state index contributed by atoms with van der Waals surface area (Å²) < 4.78 is 0. The highest BCUT2D eigenvalue weighted by Crippen LogP contribution is 2.12. The average Bonchev–Trinajstić information content (AvgIpc) is 2.75. The van der Waals surface area contributed by atoms with Crippen molar-refractivity contribution in [2.24, 2.45) is 0 Å². The number of hydroxylamine groups is 1. The number of hydrogen-bond acceptors (Lipinski definition) is 4. The van der Waals surface area contributed by atoms with Crippen molar-refractivity contribution in [1.82, 2.24) is 15.7 Å². The Balaban J connectivity index is 2.05. The van der Waals surface area contributed by atoms with Crippen LogP contribution in [-0.4, -0.2) is 33.8 Å². The van der Waals surface area contributed by atoms with Gasteiger partial charge in [-0.15, -0.1) is 0 Å². The van der Waals surface area contributed by atoms with E-state index in [0.29, 0.717) is 5.56 Å². The molecule has 0 aliphatic carbocycles. The van der Waals surface area contributed by atoms with Gasteiger partial charge in [0.15, 0.2) is 6.61 Å². The number of nitrogens with zero attached hydrogens (tertiary/aromatic N) is 1. The van der Waals surface area contributed by atoms with Crippen LogP contribution in [0, 0.1) is 0 Å². The van der Waals surface area contributed by atoms with Crippen LogP contribution in [0.4, 0.5) is 0 Å². The summed E-state index contributed by atoms with van der Waals surface area (Å²) in [6.45, 7) is -0.584. The van der Waals surface area contributed by atoms with E-state index in [1.165, 1.54) is 0 Å². The van der Waals surface area contributed by atoms with Gasteiger partial charge in [0.2, 0.25) is 0 Å². The number of aliphatic carboxylic acids is 1. The van der Waals surface area contributed by atoms with Gasteiger partial charge < -0.3 is 5.11 Å². The summed E-state index contributed by atoms with van der Waals surface area (Å²) in [6, 6.07) is 4.91. The lowest BCUT2D eigenvalue weighted by molar-refractivity contribution is -0.144. The zero-order valence-electron chi connectivity index (χ0n) is 8.64. The van der Waals surface area contributed by atoms with E-state index in [9.17, 15) is 9.59 Å². The number of carbonyl (C=O) groups is 2. The van der Waals surface area contributed by atoms with E-state index in [1.54, 1.807) is 24.4 Å². The summed E-state index contributed by atoms with van der Waals surface area (Å²) in [5.74, 6) is -1.66. The molecule has 7 nitrogen and oxygen atoms in total. The normalized spacial score (nSPS) is 10.4. The molecule has 0 spiro atoms. The Bertz CT molecular complexity index is 563. The highest BCUT2D eigenvalue weighted by molar-refractivity contribution is 5.97. The Morgan fingerprint density at radius 1 is 1.47 bits per heavy atom. The first-order valence-electron chi connectivity index (χ1n) is 4.74. The molecule has 17 heavy (non-hydrogen) atoms. The van der Waals surface area contributed by atoms with Crippen molar-refractivity contribution < 1.29 is 19.5 Å². The molecule has 0 bridgehead atoms. The molecule has 7 heteroatoms. The number of aromatic nitrogens is 2. The first kappa shape index (κ1) is 11.1. The summed E-state index contributed by atoms with van der Waals surface area (Å²) in [5.41, 5.74) is 3.21. The summed E-state index contributed by atoms with van der Waals surface area (Å²) in [4.78, 5) is 26.2. The maximum Gasteiger partial charge on any atom is 0.332 e. The predicted molar refractivity (Wildman–Crippen MR) is 57.1 cm³/mol. The molecule has 1 amide bonds. The number of carboxylic acid groups (broad SMARTS) is 1. The molecular weight excluding hydrogens is 226 g/mol. The fourth-order valence-corrected chi connectivity index (χ4v) is 1.31. The third-order valence-electron chi connectivity index (χ3n) is 2.06. The Hall–Kier alpha value is -2.41. The predicted octanol–water partition coefficient (Wildman–Crippen LogP) is 0.309. The molecule has 3 N–H and O–H groups in total. The number of carboxylic acids is 1. The zero-order valence-corrected chi connectivity index (χ0v) is 8.64. The molecule has 0 saturated carbocycles. The van der Waals surface area contributed by atoms with Crippen LogP contribution in [0.25, 0.3) is 10.9 Å². The third kappa shape index (κ3) is 2.58. The second-order valence-corrected chi connectivity index (χ2v) is 3.29. The SMILES string of the molecule is O=C(O)CONC(=O)c1ccc2[nH]ncc2c1. The highest BCUT2D eigenvalue weighted by Gasteiger charge is 2.07. The summed E-state index contributed by atoms with van der Waals surface area (Å²) in [5, 5.41) is 15.7. The molecule has 1 aromatic carbocycles. The Morgan fingerprint density at radius 3 is 3.06 bits per heavy atom. The van der Waals surface area contributed by atoms with Crippen LogP contribution in [0.3, 0.4) is 0 Å². The molecule has 0 atom stereocenters. The smallest absolute Gasteiger partial charge is 0.332 e. The molecule has 88 valence electrons. The van der Waals surface area contributed by atoms with Gasteiger partial charge in [-0.05, 0) is 18.2 Å². The number of carbonyl (C=O) groups excluding carboxylic acids is 1. The molecule has 2 aromatic rings. The van der Waals surface area contributed by atoms with Gasteiger partial charge in [0, 0.05) is 10.9 Å². The maximum absolute atomic E-state index is 11.5. The second-order valence-electron chi connectivity index (χ2n) is 3.29. The van der Waals surface area contributed by atoms with Crippen molar-refractivity contribution in [2.45, 2.75) is 0 Å². The number of H-pyrrole nitrogens is 1. The Morgan fingerprint density at radius 2 is 2.29 bits per heavy atom. The molecule has 0 unspecified atom stereocenters. The molecule has 0 fully saturated rings. The molecule has 0 aliphatic heterocycles. The Kier molecular flexibility index (Phi) is 3.01. The second kappa shape index (κ2) is 4.62. The number of fused-ring (bicyclic) bond motifs is 1. The summed E-state index contributed by atoms with van der Waals surface area (Å²) >= 11 is 0. The zero-order chi connectivity index (χ0) is 12.3. The highest BCUT2D eigenvalue weighted by atomic mass is 16.7. The lowest BCUT2D eigenvalue weighted by Crippen LogP contribution is -2.26. The minimum atomic E-state index is -1.16. The van der Waals surface area contributed by atoms with Crippen LogP contribution in [0.15, 0.2) is 24.4 Å². The minimum absolute atomic E-state index is 0.365. The Labute approximate surface area is 95.3 Å². The van der Waals surface area contributed by atoms with Gasteiger partial charge in [0.1, 0.15) is 0 Å². The van der Waals surface area contributed by atoms with Gasteiger partial charge in [-0.3, -0.25) is 14.7 Å². The maximum atomic E-state index is 11.5. The number of amides is 1. The summed E-state index contributed by atoms with van der Waals surface area (Å²) in [7, 11) is 0. The molecule has 0 aliphatic rings.